The minimum absolute atomic E-state index is 0.147. The number of hydrogen-bond donors (Lipinski definition) is 1. The molecule has 0 radical (unpaired) electrons. The molecule has 0 aromatic heterocycles. The van der Waals surface area contributed by atoms with Gasteiger partial charge in [-0.2, -0.15) is 0 Å². The van der Waals surface area contributed by atoms with Crippen molar-refractivity contribution in [2.24, 2.45) is 5.73 Å². The van der Waals surface area contributed by atoms with E-state index in [4.69, 9.17) is 10.5 Å². The number of hydrogen-bond acceptors (Lipinski definition) is 4. The predicted molar refractivity (Wildman–Crippen MR) is 67.8 cm³/mol. The van der Waals surface area contributed by atoms with Crippen LogP contribution in [0, 0.1) is 0 Å². The number of rotatable bonds is 4. The average molecular weight is 243 g/mol. The van der Waals surface area contributed by atoms with Gasteiger partial charge in [0.1, 0.15) is 0 Å². The number of carbonyl (C=O) groups is 1. The Morgan fingerprint density at radius 1 is 1.47 bits per heavy atom. The SMILES string of the molecule is CC(C(=O)N1CCOCC1)N(C)C(C)(C)CN. The molecule has 0 aromatic carbocycles. The van der Waals surface area contributed by atoms with E-state index in [0.717, 1.165) is 0 Å². The van der Waals surface area contributed by atoms with Gasteiger partial charge >= 0.3 is 0 Å². The van der Waals surface area contributed by atoms with Gasteiger partial charge < -0.3 is 15.4 Å². The Labute approximate surface area is 104 Å². The maximum Gasteiger partial charge on any atom is 0.239 e. The zero-order chi connectivity index (χ0) is 13.1. The van der Waals surface area contributed by atoms with E-state index in [1.165, 1.54) is 0 Å². The lowest BCUT2D eigenvalue weighted by molar-refractivity contribution is -0.141. The third-order valence-corrected chi connectivity index (χ3v) is 3.72. The van der Waals surface area contributed by atoms with Gasteiger partial charge in [-0.3, -0.25) is 9.69 Å². The van der Waals surface area contributed by atoms with Crippen LogP contribution in [-0.2, 0) is 9.53 Å². The zero-order valence-electron chi connectivity index (χ0n) is 11.4. The van der Waals surface area contributed by atoms with Crippen LogP contribution >= 0.6 is 0 Å². The number of amides is 1. The fourth-order valence-corrected chi connectivity index (χ4v) is 1.88. The van der Waals surface area contributed by atoms with Gasteiger partial charge in [-0.15, -0.1) is 0 Å². The Hall–Kier alpha value is -0.650. The summed E-state index contributed by atoms with van der Waals surface area (Å²) in [4.78, 5) is 16.2. The maximum absolute atomic E-state index is 12.3. The molecule has 100 valence electrons. The summed E-state index contributed by atoms with van der Waals surface area (Å²) in [6, 6.07) is -0.147. The predicted octanol–water partition coefficient (Wildman–Crippen LogP) is -0.0972. The van der Waals surface area contributed by atoms with Crippen LogP contribution in [0.1, 0.15) is 20.8 Å². The lowest BCUT2D eigenvalue weighted by Gasteiger charge is -2.40. The molecule has 1 fully saturated rings. The second-order valence-corrected chi connectivity index (χ2v) is 5.24. The first-order chi connectivity index (χ1) is 7.90. The van der Waals surface area contributed by atoms with Crippen molar-refractivity contribution in [2.45, 2.75) is 32.4 Å². The molecule has 5 heteroatoms. The zero-order valence-corrected chi connectivity index (χ0v) is 11.4. The summed E-state index contributed by atoms with van der Waals surface area (Å²) < 4.78 is 5.25. The quantitative estimate of drug-likeness (QED) is 0.749. The molecular weight excluding hydrogens is 218 g/mol. The summed E-state index contributed by atoms with van der Waals surface area (Å²) in [5.41, 5.74) is 5.57. The molecule has 0 bridgehead atoms. The highest BCUT2D eigenvalue weighted by Gasteiger charge is 2.32. The Morgan fingerprint density at radius 3 is 2.47 bits per heavy atom. The van der Waals surface area contributed by atoms with E-state index in [1.54, 1.807) is 0 Å². The van der Waals surface area contributed by atoms with Gasteiger partial charge in [-0.25, -0.2) is 0 Å². The van der Waals surface area contributed by atoms with Crippen LogP contribution in [-0.4, -0.2) is 67.2 Å². The normalized spacial score (nSPS) is 19.5. The van der Waals surface area contributed by atoms with E-state index in [1.807, 2.05) is 23.8 Å². The van der Waals surface area contributed by atoms with E-state index in [2.05, 4.69) is 13.8 Å². The summed E-state index contributed by atoms with van der Waals surface area (Å²) in [5.74, 6) is 0.164. The van der Waals surface area contributed by atoms with E-state index in [-0.39, 0.29) is 17.5 Å². The molecule has 0 spiro atoms. The molecular formula is C12H25N3O2. The molecule has 1 saturated heterocycles. The van der Waals surface area contributed by atoms with Gasteiger partial charge in [0.25, 0.3) is 0 Å². The summed E-state index contributed by atoms with van der Waals surface area (Å²) in [6.07, 6.45) is 0. The van der Waals surface area contributed by atoms with E-state index >= 15 is 0 Å². The van der Waals surface area contributed by atoms with E-state index < -0.39 is 0 Å². The van der Waals surface area contributed by atoms with Crippen molar-refractivity contribution >= 4 is 5.91 Å². The molecule has 5 nitrogen and oxygen atoms in total. The first-order valence-corrected chi connectivity index (χ1v) is 6.19. The van der Waals surface area contributed by atoms with Crippen LogP contribution in [0.3, 0.4) is 0 Å². The van der Waals surface area contributed by atoms with Crippen LogP contribution in [0.25, 0.3) is 0 Å². The molecule has 1 atom stereocenters. The molecule has 2 N–H and O–H groups in total. The highest BCUT2D eigenvalue weighted by Crippen LogP contribution is 2.15. The fourth-order valence-electron chi connectivity index (χ4n) is 1.88. The van der Waals surface area contributed by atoms with Crippen molar-refractivity contribution < 1.29 is 9.53 Å². The minimum atomic E-state index is -0.165. The Balaban J connectivity index is 2.62. The van der Waals surface area contributed by atoms with Crippen molar-refractivity contribution in [3.63, 3.8) is 0 Å². The third kappa shape index (κ3) is 3.40. The summed E-state index contributed by atoms with van der Waals surface area (Å²) in [7, 11) is 1.95. The number of likely N-dealkylation sites (N-methyl/N-ethyl adjacent to an activating group) is 1. The van der Waals surface area contributed by atoms with Gasteiger partial charge in [-0.05, 0) is 27.8 Å². The minimum Gasteiger partial charge on any atom is -0.378 e. The lowest BCUT2D eigenvalue weighted by Crippen LogP contribution is -2.57. The van der Waals surface area contributed by atoms with Gasteiger partial charge in [0.15, 0.2) is 0 Å². The second-order valence-electron chi connectivity index (χ2n) is 5.24. The molecule has 0 aromatic rings. The van der Waals surface area contributed by atoms with Crippen molar-refractivity contribution in [1.29, 1.82) is 0 Å². The molecule has 1 amide bonds. The van der Waals surface area contributed by atoms with Crippen LogP contribution < -0.4 is 5.73 Å². The largest absolute Gasteiger partial charge is 0.378 e. The molecule has 1 heterocycles. The van der Waals surface area contributed by atoms with Crippen LogP contribution in [0.5, 0.6) is 0 Å². The molecule has 1 aliphatic heterocycles. The van der Waals surface area contributed by atoms with Crippen LogP contribution in [0.15, 0.2) is 0 Å². The lowest BCUT2D eigenvalue weighted by atomic mass is 10.0. The highest BCUT2D eigenvalue weighted by atomic mass is 16.5. The maximum atomic E-state index is 12.3. The average Bonchev–Trinajstić information content (AvgIpc) is 2.37. The number of nitrogens with zero attached hydrogens (tertiary/aromatic N) is 2. The first kappa shape index (κ1) is 14.4. The smallest absolute Gasteiger partial charge is 0.239 e. The standard InChI is InChI=1S/C12H25N3O2/c1-10(14(4)12(2,3)9-13)11(16)15-5-7-17-8-6-15/h10H,5-9,13H2,1-4H3. The Kier molecular flexibility index (Phi) is 4.91. The molecule has 17 heavy (non-hydrogen) atoms. The first-order valence-electron chi connectivity index (χ1n) is 6.19. The van der Waals surface area contributed by atoms with E-state index in [9.17, 15) is 4.79 Å². The van der Waals surface area contributed by atoms with Crippen molar-refractivity contribution in [3.8, 4) is 0 Å². The second kappa shape index (κ2) is 5.80. The monoisotopic (exact) mass is 243 g/mol. The van der Waals surface area contributed by atoms with Gasteiger partial charge in [0, 0.05) is 25.2 Å². The van der Waals surface area contributed by atoms with Crippen molar-refractivity contribution in [1.82, 2.24) is 9.80 Å². The summed E-state index contributed by atoms with van der Waals surface area (Å²) >= 11 is 0. The summed E-state index contributed by atoms with van der Waals surface area (Å²) in [6.45, 7) is 9.25. The topological polar surface area (TPSA) is 58.8 Å². The molecule has 0 saturated carbocycles. The third-order valence-electron chi connectivity index (χ3n) is 3.72. The highest BCUT2D eigenvalue weighted by molar-refractivity contribution is 5.81. The Bertz CT molecular complexity index is 262. The molecule has 1 unspecified atom stereocenters. The fraction of sp³-hybridized carbons (Fsp3) is 0.917. The van der Waals surface area contributed by atoms with Gasteiger partial charge in [0.2, 0.25) is 5.91 Å². The molecule has 1 rings (SSSR count). The van der Waals surface area contributed by atoms with E-state index in [0.29, 0.717) is 32.8 Å². The van der Waals surface area contributed by atoms with Crippen LogP contribution in [0.4, 0.5) is 0 Å². The van der Waals surface area contributed by atoms with Gasteiger partial charge in [0.05, 0.1) is 19.3 Å². The number of carbonyl (C=O) groups excluding carboxylic acids is 1. The number of morpholine rings is 1. The molecule has 1 aliphatic rings. The van der Waals surface area contributed by atoms with Crippen molar-refractivity contribution in [3.05, 3.63) is 0 Å². The summed E-state index contributed by atoms with van der Waals surface area (Å²) in [5, 5.41) is 0. The van der Waals surface area contributed by atoms with Gasteiger partial charge in [-0.1, -0.05) is 0 Å². The van der Waals surface area contributed by atoms with Crippen molar-refractivity contribution in [2.75, 3.05) is 39.9 Å². The number of nitrogens with two attached hydrogens (primary N) is 1. The van der Waals surface area contributed by atoms with Crippen LogP contribution in [0.2, 0.25) is 0 Å². The Morgan fingerprint density at radius 2 is 2.00 bits per heavy atom. The number of ether oxygens (including phenoxy) is 1. The molecule has 0 aliphatic carbocycles.